The van der Waals surface area contributed by atoms with Gasteiger partial charge in [0.15, 0.2) is 0 Å². The molecule has 1 aromatic heterocycles. The van der Waals surface area contributed by atoms with Gasteiger partial charge in [-0.2, -0.15) is 0 Å². The fourth-order valence-corrected chi connectivity index (χ4v) is 1.77. The quantitative estimate of drug-likeness (QED) is 0.792. The van der Waals surface area contributed by atoms with E-state index in [9.17, 15) is 4.79 Å². The van der Waals surface area contributed by atoms with E-state index in [2.05, 4.69) is 15.6 Å². The number of aryl methyl sites for hydroxylation is 1. The second-order valence-electron chi connectivity index (χ2n) is 4.22. The molecule has 0 bridgehead atoms. The Kier molecular flexibility index (Phi) is 3.71. The van der Waals surface area contributed by atoms with Crippen LogP contribution in [-0.4, -0.2) is 36.2 Å². The van der Waals surface area contributed by atoms with Gasteiger partial charge in [-0.3, -0.25) is 4.79 Å². The molecular weight excluding hydrogens is 218 g/mol. The number of nitrogens with one attached hydrogen (secondary N) is 2. The fourth-order valence-electron chi connectivity index (χ4n) is 1.77. The van der Waals surface area contributed by atoms with Crippen molar-refractivity contribution in [3.8, 4) is 0 Å². The third kappa shape index (κ3) is 3.01. The standard InChI is InChI=1S/C12H17N3O2/c1-8-3-4-10(14-7-8)15-12(16)11-9(2)17-6-5-13-11/h3-4,7,9,11,13H,5-6H2,1-2H3,(H,14,15,16)/t9-,11+/m1/s1. The van der Waals surface area contributed by atoms with Gasteiger partial charge in [-0.1, -0.05) is 6.07 Å². The molecule has 1 fully saturated rings. The van der Waals surface area contributed by atoms with Crippen molar-refractivity contribution in [3.05, 3.63) is 23.9 Å². The van der Waals surface area contributed by atoms with E-state index in [0.717, 1.165) is 5.56 Å². The predicted molar refractivity (Wildman–Crippen MR) is 64.8 cm³/mol. The lowest BCUT2D eigenvalue weighted by molar-refractivity contribution is -0.123. The molecular formula is C12H17N3O2. The molecule has 5 nitrogen and oxygen atoms in total. The molecule has 2 atom stereocenters. The summed E-state index contributed by atoms with van der Waals surface area (Å²) < 4.78 is 5.42. The third-order valence-corrected chi connectivity index (χ3v) is 2.76. The maximum atomic E-state index is 12.0. The summed E-state index contributed by atoms with van der Waals surface area (Å²) in [7, 11) is 0. The van der Waals surface area contributed by atoms with Crippen molar-refractivity contribution in [1.29, 1.82) is 0 Å². The van der Waals surface area contributed by atoms with Crippen molar-refractivity contribution in [2.75, 3.05) is 18.5 Å². The van der Waals surface area contributed by atoms with E-state index in [0.29, 0.717) is 19.0 Å². The minimum atomic E-state index is -0.313. The van der Waals surface area contributed by atoms with E-state index in [-0.39, 0.29) is 18.1 Å². The highest BCUT2D eigenvalue weighted by molar-refractivity contribution is 5.94. The van der Waals surface area contributed by atoms with E-state index in [4.69, 9.17) is 4.74 Å². The number of nitrogens with zero attached hydrogens (tertiary/aromatic N) is 1. The van der Waals surface area contributed by atoms with E-state index >= 15 is 0 Å². The summed E-state index contributed by atoms with van der Waals surface area (Å²) in [6, 6.07) is 3.39. The van der Waals surface area contributed by atoms with Crippen molar-refractivity contribution in [1.82, 2.24) is 10.3 Å². The van der Waals surface area contributed by atoms with Crippen LogP contribution in [-0.2, 0) is 9.53 Å². The van der Waals surface area contributed by atoms with Crippen LogP contribution in [0.1, 0.15) is 12.5 Å². The zero-order valence-corrected chi connectivity index (χ0v) is 10.1. The smallest absolute Gasteiger partial charge is 0.245 e. The summed E-state index contributed by atoms with van der Waals surface area (Å²) in [5.41, 5.74) is 1.07. The molecule has 0 unspecified atom stereocenters. The van der Waals surface area contributed by atoms with Crippen molar-refractivity contribution in [3.63, 3.8) is 0 Å². The van der Waals surface area contributed by atoms with Gasteiger partial charge in [-0.05, 0) is 25.5 Å². The van der Waals surface area contributed by atoms with Crippen LogP contribution in [0.4, 0.5) is 5.82 Å². The first-order valence-corrected chi connectivity index (χ1v) is 5.75. The maximum absolute atomic E-state index is 12.0. The average molecular weight is 235 g/mol. The number of hydrogen-bond donors (Lipinski definition) is 2. The molecule has 1 saturated heterocycles. The number of ether oxygens (including phenoxy) is 1. The number of anilines is 1. The van der Waals surface area contributed by atoms with Crippen molar-refractivity contribution in [2.24, 2.45) is 0 Å². The Morgan fingerprint density at radius 3 is 3.06 bits per heavy atom. The summed E-state index contributed by atoms with van der Waals surface area (Å²) in [5.74, 6) is 0.466. The van der Waals surface area contributed by atoms with E-state index < -0.39 is 0 Å². The monoisotopic (exact) mass is 235 g/mol. The zero-order chi connectivity index (χ0) is 12.3. The number of carbonyl (C=O) groups is 1. The second-order valence-corrected chi connectivity index (χ2v) is 4.22. The number of morpholine rings is 1. The fraction of sp³-hybridized carbons (Fsp3) is 0.500. The second kappa shape index (κ2) is 5.25. The third-order valence-electron chi connectivity index (χ3n) is 2.76. The molecule has 2 N–H and O–H groups in total. The molecule has 5 heteroatoms. The number of pyridine rings is 1. The Labute approximate surface area is 101 Å². The van der Waals surface area contributed by atoms with Crippen LogP contribution in [0, 0.1) is 6.92 Å². The molecule has 1 amide bonds. The maximum Gasteiger partial charge on any atom is 0.245 e. The van der Waals surface area contributed by atoms with Gasteiger partial charge in [0, 0.05) is 12.7 Å². The van der Waals surface area contributed by atoms with Gasteiger partial charge in [0.25, 0.3) is 0 Å². The molecule has 1 aliphatic heterocycles. The molecule has 2 rings (SSSR count). The molecule has 1 aromatic rings. The SMILES string of the molecule is Cc1ccc(NC(=O)[C@H]2NCCO[C@@H]2C)nc1. The van der Waals surface area contributed by atoms with E-state index in [1.54, 1.807) is 12.3 Å². The Morgan fingerprint density at radius 2 is 2.41 bits per heavy atom. The highest BCUT2D eigenvalue weighted by Gasteiger charge is 2.28. The van der Waals surface area contributed by atoms with Gasteiger partial charge < -0.3 is 15.4 Å². The summed E-state index contributed by atoms with van der Waals surface area (Å²) in [4.78, 5) is 16.1. The van der Waals surface area contributed by atoms with Crippen LogP contribution < -0.4 is 10.6 Å². The van der Waals surface area contributed by atoms with Crippen LogP contribution in [0.15, 0.2) is 18.3 Å². The van der Waals surface area contributed by atoms with Crippen LogP contribution in [0.25, 0.3) is 0 Å². The van der Waals surface area contributed by atoms with Crippen LogP contribution in [0.2, 0.25) is 0 Å². The number of amides is 1. The Hall–Kier alpha value is -1.46. The summed E-state index contributed by atoms with van der Waals surface area (Å²) in [6.45, 7) is 5.19. The van der Waals surface area contributed by atoms with Crippen LogP contribution in [0.5, 0.6) is 0 Å². The Balaban J connectivity index is 1.98. The van der Waals surface area contributed by atoms with E-state index in [1.807, 2.05) is 19.9 Å². The van der Waals surface area contributed by atoms with Crippen molar-refractivity contribution < 1.29 is 9.53 Å². The van der Waals surface area contributed by atoms with Gasteiger partial charge in [0.2, 0.25) is 5.91 Å². The topological polar surface area (TPSA) is 63.2 Å². The minimum Gasteiger partial charge on any atom is -0.375 e. The molecule has 1 aliphatic rings. The lowest BCUT2D eigenvalue weighted by Gasteiger charge is -2.29. The van der Waals surface area contributed by atoms with Crippen molar-refractivity contribution >= 4 is 11.7 Å². The molecule has 2 heterocycles. The van der Waals surface area contributed by atoms with Crippen LogP contribution in [0.3, 0.4) is 0 Å². The lowest BCUT2D eigenvalue weighted by Crippen LogP contribution is -2.53. The first-order valence-electron chi connectivity index (χ1n) is 5.75. The number of aromatic nitrogens is 1. The molecule has 0 aliphatic carbocycles. The number of carbonyl (C=O) groups excluding carboxylic acids is 1. The highest BCUT2D eigenvalue weighted by Crippen LogP contribution is 2.08. The van der Waals surface area contributed by atoms with Gasteiger partial charge in [-0.25, -0.2) is 4.98 Å². The Bertz CT molecular complexity index is 391. The highest BCUT2D eigenvalue weighted by atomic mass is 16.5. The largest absolute Gasteiger partial charge is 0.375 e. The predicted octanol–water partition coefficient (Wildman–Crippen LogP) is 0.705. The molecule has 0 aromatic carbocycles. The number of rotatable bonds is 2. The van der Waals surface area contributed by atoms with Gasteiger partial charge in [0.1, 0.15) is 11.9 Å². The first-order chi connectivity index (χ1) is 8.16. The molecule has 17 heavy (non-hydrogen) atoms. The summed E-state index contributed by atoms with van der Waals surface area (Å²) in [5, 5.41) is 5.91. The van der Waals surface area contributed by atoms with Gasteiger partial charge in [0.05, 0.1) is 12.7 Å². The van der Waals surface area contributed by atoms with E-state index in [1.165, 1.54) is 0 Å². The average Bonchev–Trinajstić information content (AvgIpc) is 2.32. The molecule has 0 spiro atoms. The zero-order valence-electron chi connectivity index (χ0n) is 10.1. The molecule has 92 valence electrons. The Morgan fingerprint density at radius 1 is 1.59 bits per heavy atom. The minimum absolute atomic E-state index is 0.103. The summed E-state index contributed by atoms with van der Waals surface area (Å²) in [6.07, 6.45) is 1.61. The van der Waals surface area contributed by atoms with Crippen molar-refractivity contribution in [2.45, 2.75) is 26.0 Å². The first kappa shape index (κ1) is 12.0. The van der Waals surface area contributed by atoms with Crippen LogP contribution >= 0.6 is 0 Å². The summed E-state index contributed by atoms with van der Waals surface area (Å²) >= 11 is 0. The molecule has 0 saturated carbocycles. The number of hydrogen-bond acceptors (Lipinski definition) is 4. The molecule has 0 radical (unpaired) electrons. The normalized spacial score (nSPS) is 24.4. The van der Waals surface area contributed by atoms with Gasteiger partial charge in [-0.15, -0.1) is 0 Å². The van der Waals surface area contributed by atoms with Gasteiger partial charge >= 0.3 is 0 Å². The lowest BCUT2D eigenvalue weighted by atomic mass is 10.1.